The number of hydrogen-bond acceptors (Lipinski definition) is 4. The van der Waals surface area contributed by atoms with Crippen molar-refractivity contribution in [2.24, 2.45) is 0 Å². The van der Waals surface area contributed by atoms with Crippen LogP contribution in [0.2, 0.25) is 0 Å². The highest BCUT2D eigenvalue weighted by Gasteiger charge is 2.16. The maximum absolute atomic E-state index is 12.5. The molecule has 0 unspecified atom stereocenters. The van der Waals surface area contributed by atoms with Gasteiger partial charge in [-0.15, -0.1) is 10.2 Å². The van der Waals surface area contributed by atoms with Gasteiger partial charge in [0.1, 0.15) is 5.82 Å². The normalized spacial score (nSPS) is 13.6. The third kappa shape index (κ3) is 4.12. The third-order valence-corrected chi connectivity index (χ3v) is 5.66. The molecule has 1 amide bonds. The van der Waals surface area contributed by atoms with Crippen molar-refractivity contribution in [2.75, 3.05) is 11.6 Å². The Bertz CT molecular complexity index is 948. The number of benzene rings is 2. The van der Waals surface area contributed by atoms with E-state index in [-0.39, 0.29) is 5.91 Å². The molecule has 3 aromatic rings. The maximum atomic E-state index is 12.5. The Balaban J connectivity index is 1.46. The minimum atomic E-state index is -0.0974. The Hall–Kier alpha value is -2.60. The Kier molecular flexibility index (Phi) is 5.76. The topological polar surface area (TPSA) is 59.8 Å². The Morgan fingerprint density at radius 3 is 2.57 bits per heavy atom. The van der Waals surface area contributed by atoms with Gasteiger partial charge in [-0.3, -0.25) is 4.79 Å². The fourth-order valence-electron chi connectivity index (χ4n) is 3.52. The van der Waals surface area contributed by atoms with Gasteiger partial charge in [0.05, 0.1) is 0 Å². The molecule has 1 aromatic heterocycles. The summed E-state index contributed by atoms with van der Waals surface area (Å²) >= 11 is 1.77. The largest absolute Gasteiger partial charge is 0.322 e. The molecule has 1 aliphatic rings. The maximum Gasteiger partial charge on any atom is 0.255 e. The summed E-state index contributed by atoms with van der Waals surface area (Å²) in [5.74, 6) is 2.85. The van der Waals surface area contributed by atoms with Crippen LogP contribution in [0.25, 0.3) is 11.4 Å². The number of amides is 1. The molecule has 2 heterocycles. The number of anilines is 1. The number of carbonyl (C=O) groups excluding carboxylic acids is 1. The molecule has 6 heteroatoms. The second-order valence-electron chi connectivity index (χ2n) is 7.06. The molecule has 144 valence electrons. The highest BCUT2D eigenvalue weighted by atomic mass is 32.2. The van der Waals surface area contributed by atoms with Gasteiger partial charge in [0.25, 0.3) is 5.91 Å². The standard InChI is InChI=1S/C22H24N4OS/c1-28-15-16-6-8-18(9-7-16)22(27)23-19-12-10-17(11-13-19)21-25-24-20-5-3-2-4-14-26(20)21/h6-13H,2-5,14-15H2,1H3,(H,23,27). The van der Waals surface area contributed by atoms with Crippen LogP contribution in [0.3, 0.4) is 0 Å². The molecule has 1 aliphatic heterocycles. The zero-order valence-electron chi connectivity index (χ0n) is 16.0. The fourth-order valence-corrected chi connectivity index (χ4v) is 4.05. The molecule has 0 radical (unpaired) electrons. The molecule has 0 aliphatic carbocycles. The molecule has 5 nitrogen and oxygen atoms in total. The summed E-state index contributed by atoms with van der Waals surface area (Å²) < 4.78 is 2.23. The minimum absolute atomic E-state index is 0.0974. The van der Waals surface area contributed by atoms with Crippen molar-refractivity contribution in [1.82, 2.24) is 14.8 Å². The monoisotopic (exact) mass is 392 g/mol. The lowest BCUT2D eigenvalue weighted by Gasteiger charge is -2.09. The van der Waals surface area contributed by atoms with Crippen molar-refractivity contribution in [2.45, 2.75) is 38.0 Å². The molecule has 2 aromatic carbocycles. The number of nitrogens with zero attached hydrogens (tertiary/aromatic N) is 3. The van der Waals surface area contributed by atoms with Crippen LogP contribution in [-0.4, -0.2) is 26.9 Å². The number of fused-ring (bicyclic) bond motifs is 1. The molecular formula is C22H24N4OS. The zero-order valence-corrected chi connectivity index (χ0v) is 16.8. The average Bonchev–Trinajstić information content (AvgIpc) is 2.97. The fraction of sp³-hybridized carbons (Fsp3) is 0.318. The first-order valence-electron chi connectivity index (χ1n) is 9.66. The molecule has 0 saturated carbocycles. The van der Waals surface area contributed by atoms with Crippen LogP contribution in [0.5, 0.6) is 0 Å². The summed E-state index contributed by atoms with van der Waals surface area (Å²) in [5.41, 5.74) is 3.69. The number of hydrogen-bond donors (Lipinski definition) is 1. The van der Waals surface area contributed by atoms with Crippen LogP contribution in [0, 0.1) is 0 Å². The molecule has 28 heavy (non-hydrogen) atoms. The van der Waals surface area contributed by atoms with Crippen LogP contribution in [-0.2, 0) is 18.7 Å². The van der Waals surface area contributed by atoms with Crippen molar-refractivity contribution in [1.29, 1.82) is 0 Å². The molecule has 0 bridgehead atoms. The third-order valence-electron chi connectivity index (χ3n) is 5.04. The predicted molar refractivity (Wildman–Crippen MR) is 115 cm³/mol. The van der Waals surface area contributed by atoms with Gasteiger partial charge in [-0.25, -0.2) is 0 Å². The molecular weight excluding hydrogens is 368 g/mol. The van der Waals surface area contributed by atoms with Crippen LogP contribution in [0.1, 0.15) is 41.0 Å². The second kappa shape index (κ2) is 8.61. The highest BCUT2D eigenvalue weighted by Crippen LogP contribution is 2.24. The van der Waals surface area contributed by atoms with Gasteiger partial charge in [0.15, 0.2) is 5.82 Å². The first-order chi connectivity index (χ1) is 13.7. The van der Waals surface area contributed by atoms with Gasteiger partial charge in [-0.1, -0.05) is 18.6 Å². The molecule has 0 saturated heterocycles. The number of carbonyl (C=O) groups is 1. The summed E-state index contributed by atoms with van der Waals surface area (Å²) in [4.78, 5) is 12.5. The van der Waals surface area contributed by atoms with Crippen molar-refractivity contribution < 1.29 is 4.79 Å². The van der Waals surface area contributed by atoms with Gasteiger partial charge >= 0.3 is 0 Å². The first-order valence-corrected chi connectivity index (χ1v) is 11.1. The molecule has 4 rings (SSSR count). The average molecular weight is 393 g/mol. The summed E-state index contributed by atoms with van der Waals surface area (Å²) in [7, 11) is 0. The minimum Gasteiger partial charge on any atom is -0.322 e. The van der Waals surface area contributed by atoms with Crippen LogP contribution in [0.15, 0.2) is 48.5 Å². The van der Waals surface area contributed by atoms with Crippen molar-refractivity contribution in [3.05, 3.63) is 65.5 Å². The second-order valence-corrected chi connectivity index (χ2v) is 7.93. The van der Waals surface area contributed by atoms with Crippen LogP contribution < -0.4 is 5.32 Å². The zero-order chi connectivity index (χ0) is 19.3. The van der Waals surface area contributed by atoms with E-state index in [0.717, 1.165) is 41.6 Å². The van der Waals surface area contributed by atoms with Gasteiger partial charge in [0.2, 0.25) is 0 Å². The number of aromatic nitrogens is 3. The summed E-state index contributed by atoms with van der Waals surface area (Å²) in [6.45, 7) is 0.975. The van der Waals surface area contributed by atoms with Gasteiger partial charge in [-0.2, -0.15) is 11.8 Å². The summed E-state index contributed by atoms with van der Waals surface area (Å²) in [6, 6.07) is 15.6. The van der Waals surface area contributed by atoms with E-state index in [1.807, 2.05) is 48.5 Å². The molecule has 0 fully saturated rings. The number of thioether (sulfide) groups is 1. The van der Waals surface area contributed by atoms with E-state index < -0.39 is 0 Å². The van der Waals surface area contributed by atoms with E-state index in [1.165, 1.54) is 24.8 Å². The number of aryl methyl sites for hydroxylation is 1. The first kappa shape index (κ1) is 18.7. The molecule has 0 atom stereocenters. The van der Waals surface area contributed by atoms with E-state index in [0.29, 0.717) is 5.56 Å². The number of rotatable bonds is 5. The lowest BCUT2D eigenvalue weighted by molar-refractivity contribution is 0.102. The van der Waals surface area contributed by atoms with E-state index >= 15 is 0 Å². The van der Waals surface area contributed by atoms with E-state index in [1.54, 1.807) is 11.8 Å². The van der Waals surface area contributed by atoms with E-state index in [2.05, 4.69) is 26.3 Å². The van der Waals surface area contributed by atoms with Crippen LogP contribution >= 0.6 is 11.8 Å². The van der Waals surface area contributed by atoms with Crippen molar-refractivity contribution >= 4 is 23.4 Å². The summed E-state index contributed by atoms with van der Waals surface area (Å²) in [5, 5.41) is 11.7. The van der Waals surface area contributed by atoms with Crippen LogP contribution in [0.4, 0.5) is 5.69 Å². The van der Waals surface area contributed by atoms with Gasteiger partial charge < -0.3 is 9.88 Å². The summed E-state index contributed by atoms with van der Waals surface area (Å²) in [6.07, 6.45) is 6.66. The quantitative estimate of drug-likeness (QED) is 0.678. The molecule has 1 N–H and O–H groups in total. The number of nitrogens with one attached hydrogen (secondary N) is 1. The Morgan fingerprint density at radius 1 is 1.04 bits per heavy atom. The van der Waals surface area contributed by atoms with Crippen molar-refractivity contribution in [3.63, 3.8) is 0 Å². The van der Waals surface area contributed by atoms with E-state index in [9.17, 15) is 4.79 Å². The van der Waals surface area contributed by atoms with Gasteiger partial charge in [-0.05, 0) is 61.1 Å². The smallest absolute Gasteiger partial charge is 0.255 e. The Morgan fingerprint density at radius 2 is 1.82 bits per heavy atom. The van der Waals surface area contributed by atoms with Crippen molar-refractivity contribution in [3.8, 4) is 11.4 Å². The SMILES string of the molecule is CSCc1ccc(C(=O)Nc2ccc(-c3nnc4n3CCCCC4)cc2)cc1. The lowest BCUT2D eigenvalue weighted by atomic mass is 10.1. The Labute approximate surface area is 169 Å². The highest BCUT2D eigenvalue weighted by molar-refractivity contribution is 7.97. The van der Waals surface area contributed by atoms with E-state index in [4.69, 9.17) is 0 Å². The molecule has 0 spiro atoms. The van der Waals surface area contributed by atoms with Gasteiger partial charge in [0, 0.05) is 35.5 Å². The predicted octanol–water partition coefficient (Wildman–Crippen LogP) is 4.79. The lowest BCUT2D eigenvalue weighted by Crippen LogP contribution is -2.11.